The molecule has 0 radical (unpaired) electrons. The van der Waals surface area contributed by atoms with Crippen LogP contribution in [0.2, 0.25) is 0 Å². The normalized spacial score (nSPS) is 28.9. The molecule has 0 saturated heterocycles. The lowest BCUT2D eigenvalue weighted by molar-refractivity contribution is 0.169. The zero-order valence-corrected chi connectivity index (χ0v) is 18.7. The van der Waals surface area contributed by atoms with Crippen LogP contribution in [-0.4, -0.2) is 6.61 Å². The molecule has 164 valence electrons. The monoisotopic (exact) mass is 406 g/mol. The summed E-state index contributed by atoms with van der Waals surface area (Å²) < 4.78 is 34.0. The van der Waals surface area contributed by atoms with Crippen molar-refractivity contribution in [2.24, 2.45) is 23.7 Å². The van der Waals surface area contributed by atoms with Crippen LogP contribution in [0.3, 0.4) is 0 Å². The molecule has 2 fully saturated rings. The summed E-state index contributed by atoms with van der Waals surface area (Å²) in [5.74, 6) is 2.10. The van der Waals surface area contributed by atoms with Crippen LogP contribution >= 0.6 is 0 Å². The van der Waals surface area contributed by atoms with Gasteiger partial charge in [0.2, 0.25) is 5.82 Å². The van der Waals surface area contributed by atoms with Crippen LogP contribution in [0.15, 0.2) is 12.1 Å². The number of hydrogen-bond acceptors (Lipinski definition) is 1. The van der Waals surface area contributed by atoms with Gasteiger partial charge < -0.3 is 4.74 Å². The fourth-order valence-electron chi connectivity index (χ4n) is 6.01. The van der Waals surface area contributed by atoms with E-state index in [0.717, 1.165) is 49.4 Å². The second kappa shape index (κ2) is 10.8. The average molecular weight is 407 g/mol. The highest BCUT2D eigenvalue weighted by atomic mass is 19.2. The number of benzene rings is 1. The molecule has 1 nitrogen and oxygen atoms in total. The zero-order valence-electron chi connectivity index (χ0n) is 18.7. The van der Waals surface area contributed by atoms with Gasteiger partial charge in [-0.1, -0.05) is 45.6 Å². The predicted octanol–water partition coefficient (Wildman–Crippen LogP) is 8.27. The Morgan fingerprint density at radius 3 is 2.17 bits per heavy atom. The molecule has 0 amide bonds. The van der Waals surface area contributed by atoms with Crippen molar-refractivity contribution in [3.05, 3.63) is 29.3 Å². The van der Waals surface area contributed by atoms with Crippen molar-refractivity contribution in [3.63, 3.8) is 0 Å². The Morgan fingerprint density at radius 2 is 1.55 bits per heavy atom. The summed E-state index contributed by atoms with van der Waals surface area (Å²) in [6, 6.07) is 3.34. The first-order valence-corrected chi connectivity index (χ1v) is 12.1. The summed E-state index contributed by atoms with van der Waals surface area (Å²) in [5.41, 5.74) is 0.548. The highest BCUT2D eigenvalue weighted by molar-refractivity contribution is 5.33. The minimum absolute atomic E-state index is 0.0323. The summed E-state index contributed by atoms with van der Waals surface area (Å²) in [4.78, 5) is 0. The van der Waals surface area contributed by atoms with Crippen LogP contribution < -0.4 is 4.74 Å². The minimum atomic E-state index is -0.821. The molecule has 1 unspecified atom stereocenters. The summed E-state index contributed by atoms with van der Waals surface area (Å²) >= 11 is 0. The van der Waals surface area contributed by atoms with E-state index in [2.05, 4.69) is 13.8 Å². The van der Waals surface area contributed by atoms with Crippen LogP contribution in [0.4, 0.5) is 8.78 Å². The summed E-state index contributed by atoms with van der Waals surface area (Å²) in [6.07, 6.45) is 14.0. The average Bonchev–Trinajstić information content (AvgIpc) is 2.73. The molecule has 1 aromatic carbocycles. The fourth-order valence-corrected chi connectivity index (χ4v) is 6.01. The SMILES string of the molecule is CCCC1CCC(C(C)CC2CCC(c3ccc(OCC)c(F)c3F)CC2)CC1. The Labute approximate surface area is 176 Å². The van der Waals surface area contributed by atoms with E-state index in [1.165, 1.54) is 44.9 Å². The summed E-state index contributed by atoms with van der Waals surface area (Å²) in [7, 11) is 0. The lowest BCUT2D eigenvalue weighted by atomic mass is 9.70. The predicted molar refractivity (Wildman–Crippen MR) is 116 cm³/mol. The molecule has 1 aromatic rings. The Hall–Kier alpha value is -1.12. The first kappa shape index (κ1) is 22.6. The van der Waals surface area contributed by atoms with Crippen molar-refractivity contribution in [2.75, 3.05) is 6.61 Å². The highest BCUT2D eigenvalue weighted by Gasteiger charge is 2.30. The van der Waals surface area contributed by atoms with Crippen LogP contribution in [-0.2, 0) is 0 Å². The lowest BCUT2D eigenvalue weighted by Crippen LogP contribution is -2.23. The summed E-state index contributed by atoms with van der Waals surface area (Å²) in [5, 5.41) is 0. The Morgan fingerprint density at radius 1 is 0.897 bits per heavy atom. The molecule has 0 spiro atoms. The van der Waals surface area contributed by atoms with Crippen molar-refractivity contribution in [2.45, 2.75) is 97.3 Å². The van der Waals surface area contributed by atoms with E-state index in [9.17, 15) is 8.78 Å². The highest BCUT2D eigenvalue weighted by Crippen LogP contribution is 2.43. The third-order valence-electron chi connectivity index (χ3n) is 7.76. The van der Waals surface area contributed by atoms with E-state index >= 15 is 0 Å². The maximum Gasteiger partial charge on any atom is 0.200 e. The first-order valence-electron chi connectivity index (χ1n) is 12.1. The number of rotatable bonds is 8. The van der Waals surface area contributed by atoms with Gasteiger partial charge in [-0.25, -0.2) is 4.39 Å². The smallest absolute Gasteiger partial charge is 0.200 e. The van der Waals surface area contributed by atoms with Crippen LogP contribution in [0, 0.1) is 35.3 Å². The maximum atomic E-state index is 14.6. The van der Waals surface area contributed by atoms with E-state index in [1.54, 1.807) is 19.1 Å². The van der Waals surface area contributed by atoms with Gasteiger partial charge in [-0.05, 0) is 93.1 Å². The molecular formula is C26H40F2O. The zero-order chi connectivity index (χ0) is 20.8. The molecule has 3 rings (SSSR count). The van der Waals surface area contributed by atoms with Gasteiger partial charge in [-0.2, -0.15) is 4.39 Å². The molecule has 2 saturated carbocycles. The number of hydrogen-bond donors (Lipinski definition) is 0. The molecule has 2 aliphatic rings. The quantitative estimate of drug-likeness (QED) is 0.422. The third-order valence-corrected chi connectivity index (χ3v) is 7.76. The van der Waals surface area contributed by atoms with Gasteiger partial charge in [0.25, 0.3) is 0 Å². The third kappa shape index (κ3) is 5.73. The molecule has 0 aromatic heterocycles. The summed E-state index contributed by atoms with van der Waals surface area (Å²) in [6.45, 7) is 6.89. The minimum Gasteiger partial charge on any atom is -0.491 e. The van der Waals surface area contributed by atoms with Crippen molar-refractivity contribution in [1.82, 2.24) is 0 Å². The van der Waals surface area contributed by atoms with Crippen LogP contribution in [0.25, 0.3) is 0 Å². The fraction of sp³-hybridized carbons (Fsp3) is 0.769. The van der Waals surface area contributed by atoms with Crippen molar-refractivity contribution in [3.8, 4) is 5.75 Å². The van der Waals surface area contributed by atoms with E-state index < -0.39 is 11.6 Å². The standard InChI is InChI=1S/C26H40F2O/c1-4-6-19-7-11-21(12-8-19)18(3)17-20-9-13-22(14-10-20)23-15-16-24(29-5-2)26(28)25(23)27/h15-16,18-22H,4-14,17H2,1-3H3. The topological polar surface area (TPSA) is 9.23 Å². The van der Waals surface area contributed by atoms with Gasteiger partial charge in [0.05, 0.1) is 6.61 Å². The molecule has 1 atom stereocenters. The van der Waals surface area contributed by atoms with Crippen molar-refractivity contribution in [1.29, 1.82) is 0 Å². The van der Waals surface area contributed by atoms with Gasteiger partial charge in [-0.3, -0.25) is 0 Å². The first-order chi connectivity index (χ1) is 14.0. The lowest BCUT2D eigenvalue weighted by Gasteiger charge is -2.36. The molecule has 0 bridgehead atoms. The molecule has 3 heteroatoms. The molecular weight excluding hydrogens is 366 g/mol. The Bertz CT molecular complexity index is 628. The van der Waals surface area contributed by atoms with E-state index in [1.807, 2.05) is 0 Å². The number of halogens is 2. The van der Waals surface area contributed by atoms with Gasteiger partial charge >= 0.3 is 0 Å². The molecule has 0 heterocycles. The molecule has 0 aliphatic heterocycles. The second-order valence-corrected chi connectivity index (χ2v) is 9.71. The maximum absolute atomic E-state index is 14.6. The Kier molecular flexibility index (Phi) is 8.38. The van der Waals surface area contributed by atoms with E-state index in [-0.39, 0.29) is 11.7 Å². The molecule has 0 N–H and O–H groups in total. The van der Waals surface area contributed by atoms with E-state index in [0.29, 0.717) is 12.2 Å². The second-order valence-electron chi connectivity index (χ2n) is 9.71. The number of ether oxygens (including phenoxy) is 1. The van der Waals surface area contributed by atoms with Gasteiger partial charge in [-0.15, -0.1) is 0 Å². The van der Waals surface area contributed by atoms with Gasteiger partial charge in [0.15, 0.2) is 11.6 Å². The van der Waals surface area contributed by atoms with Crippen LogP contribution in [0.1, 0.15) is 103 Å². The van der Waals surface area contributed by atoms with Crippen LogP contribution in [0.5, 0.6) is 5.75 Å². The van der Waals surface area contributed by atoms with Crippen molar-refractivity contribution >= 4 is 0 Å². The van der Waals surface area contributed by atoms with Crippen molar-refractivity contribution < 1.29 is 13.5 Å². The molecule has 29 heavy (non-hydrogen) atoms. The van der Waals surface area contributed by atoms with E-state index in [4.69, 9.17) is 4.74 Å². The Balaban J connectivity index is 1.48. The van der Waals surface area contributed by atoms with Gasteiger partial charge in [0.1, 0.15) is 0 Å². The van der Waals surface area contributed by atoms with Gasteiger partial charge in [0, 0.05) is 0 Å². The molecule has 2 aliphatic carbocycles. The largest absolute Gasteiger partial charge is 0.491 e.